The summed E-state index contributed by atoms with van der Waals surface area (Å²) in [5, 5.41) is 12.2. The first-order chi connectivity index (χ1) is 12.1. The van der Waals surface area contributed by atoms with E-state index in [0.717, 1.165) is 4.90 Å². The molecule has 2 aromatic carbocycles. The molecule has 0 aliphatic rings. The van der Waals surface area contributed by atoms with Gasteiger partial charge in [-0.05, 0) is 42.1 Å². The van der Waals surface area contributed by atoms with Gasteiger partial charge in [-0.15, -0.1) is 0 Å². The van der Waals surface area contributed by atoms with E-state index < -0.39 is 4.92 Å². The first-order valence-corrected chi connectivity index (χ1v) is 8.34. The summed E-state index contributed by atoms with van der Waals surface area (Å²) in [6.45, 7) is 0. The number of rotatable bonds is 5. The van der Waals surface area contributed by atoms with Crippen molar-refractivity contribution in [2.45, 2.75) is 10.1 Å². The molecular formula is C17H11ClN4O2S. The van der Waals surface area contributed by atoms with Gasteiger partial charge in [0.2, 0.25) is 0 Å². The quantitative estimate of drug-likeness (QED) is 0.275. The number of hydrogen-bond donors (Lipinski definition) is 0. The number of hydrogen-bond acceptors (Lipinski definition) is 6. The van der Waals surface area contributed by atoms with E-state index in [1.165, 1.54) is 23.9 Å². The van der Waals surface area contributed by atoms with Crippen LogP contribution in [-0.2, 0) is 0 Å². The van der Waals surface area contributed by atoms with E-state index in [1.54, 1.807) is 55.0 Å². The topological polar surface area (TPSA) is 81.3 Å². The molecule has 0 N–H and O–H groups in total. The number of nitro benzene ring substituents is 1. The Hall–Kier alpha value is -2.77. The molecule has 124 valence electrons. The maximum absolute atomic E-state index is 11.1. The van der Waals surface area contributed by atoms with Crippen LogP contribution in [0.15, 0.2) is 76.0 Å². The second kappa shape index (κ2) is 7.87. The van der Waals surface area contributed by atoms with Crippen molar-refractivity contribution >= 4 is 41.0 Å². The molecule has 0 unspecified atom stereocenters. The van der Waals surface area contributed by atoms with Gasteiger partial charge in [-0.25, -0.2) is 9.97 Å². The zero-order valence-electron chi connectivity index (χ0n) is 12.7. The van der Waals surface area contributed by atoms with Crippen LogP contribution in [0.5, 0.6) is 0 Å². The molecule has 0 aliphatic heterocycles. The third-order valence-electron chi connectivity index (χ3n) is 3.11. The normalized spacial score (nSPS) is 10.9. The van der Waals surface area contributed by atoms with Crippen molar-refractivity contribution in [2.75, 3.05) is 0 Å². The van der Waals surface area contributed by atoms with Crippen LogP contribution < -0.4 is 0 Å². The summed E-state index contributed by atoms with van der Waals surface area (Å²) in [4.78, 5) is 24.1. The average Bonchev–Trinajstić information content (AvgIpc) is 2.61. The monoisotopic (exact) mass is 370 g/mol. The highest BCUT2D eigenvalue weighted by atomic mass is 35.5. The van der Waals surface area contributed by atoms with Crippen LogP contribution in [0.2, 0.25) is 5.02 Å². The first-order valence-electron chi connectivity index (χ1n) is 7.15. The number of nitro groups is 1. The lowest BCUT2D eigenvalue weighted by atomic mass is 10.2. The Kier molecular flexibility index (Phi) is 5.37. The van der Waals surface area contributed by atoms with Crippen molar-refractivity contribution in [3.05, 3.63) is 81.6 Å². The Labute approximate surface area is 152 Å². The van der Waals surface area contributed by atoms with Gasteiger partial charge in [-0.2, -0.15) is 0 Å². The van der Waals surface area contributed by atoms with Gasteiger partial charge in [0.1, 0.15) is 0 Å². The molecule has 3 aromatic rings. The summed E-state index contributed by atoms with van der Waals surface area (Å²) in [5.41, 5.74) is 1.25. The van der Waals surface area contributed by atoms with Crippen molar-refractivity contribution in [1.29, 1.82) is 0 Å². The fraction of sp³-hybridized carbons (Fsp3) is 0. The Balaban J connectivity index is 1.96. The smallest absolute Gasteiger partial charge is 0.258 e. The maximum Gasteiger partial charge on any atom is 0.270 e. The lowest BCUT2D eigenvalue weighted by Crippen LogP contribution is -1.93. The molecule has 1 aromatic heterocycles. The van der Waals surface area contributed by atoms with E-state index in [4.69, 9.17) is 11.6 Å². The van der Waals surface area contributed by atoms with Gasteiger partial charge in [-0.1, -0.05) is 17.7 Å². The molecule has 6 nitrogen and oxygen atoms in total. The van der Waals surface area contributed by atoms with E-state index in [9.17, 15) is 10.1 Å². The molecule has 0 saturated heterocycles. The molecule has 8 heteroatoms. The van der Waals surface area contributed by atoms with E-state index in [0.29, 0.717) is 21.4 Å². The molecule has 1 heterocycles. The van der Waals surface area contributed by atoms with E-state index in [1.807, 2.05) is 0 Å². The largest absolute Gasteiger partial charge is 0.270 e. The molecule has 3 rings (SSSR count). The van der Waals surface area contributed by atoms with Crippen molar-refractivity contribution in [3.8, 4) is 0 Å². The van der Waals surface area contributed by atoms with E-state index >= 15 is 0 Å². The molecule has 0 bridgehead atoms. The molecular weight excluding hydrogens is 360 g/mol. The molecule has 0 spiro atoms. The van der Waals surface area contributed by atoms with Crippen LogP contribution in [-0.4, -0.2) is 21.1 Å². The number of halogens is 1. The van der Waals surface area contributed by atoms with Crippen LogP contribution >= 0.6 is 23.4 Å². The summed E-state index contributed by atoms with van der Waals surface area (Å²) in [7, 11) is 0. The van der Waals surface area contributed by atoms with Gasteiger partial charge in [0.25, 0.3) is 5.69 Å². The molecule has 0 atom stereocenters. The number of nitrogens with zero attached hydrogens (tertiary/aromatic N) is 4. The predicted molar refractivity (Wildman–Crippen MR) is 98.0 cm³/mol. The van der Waals surface area contributed by atoms with Gasteiger partial charge in [0.15, 0.2) is 5.16 Å². The zero-order valence-corrected chi connectivity index (χ0v) is 14.3. The Morgan fingerprint density at radius 1 is 1.12 bits per heavy atom. The summed E-state index contributed by atoms with van der Waals surface area (Å²) in [6, 6.07) is 13.4. The molecule has 0 saturated carbocycles. The summed E-state index contributed by atoms with van der Waals surface area (Å²) in [5.74, 6) is 0. The fourth-order valence-electron chi connectivity index (χ4n) is 1.98. The van der Waals surface area contributed by atoms with Crippen LogP contribution in [0, 0.1) is 10.1 Å². The Bertz CT molecular complexity index is 935. The minimum Gasteiger partial charge on any atom is -0.258 e. The molecule has 25 heavy (non-hydrogen) atoms. The van der Waals surface area contributed by atoms with Crippen LogP contribution in [0.25, 0.3) is 0 Å². The van der Waals surface area contributed by atoms with Crippen molar-refractivity contribution < 1.29 is 4.92 Å². The van der Waals surface area contributed by atoms with Crippen molar-refractivity contribution in [2.24, 2.45) is 4.99 Å². The maximum atomic E-state index is 11.1. The summed E-state index contributed by atoms with van der Waals surface area (Å²) < 4.78 is 0. The van der Waals surface area contributed by atoms with E-state index in [-0.39, 0.29) is 5.69 Å². The number of benzene rings is 2. The minimum atomic E-state index is -0.440. The van der Waals surface area contributed by atoms with Crippen LogP contribution in [0.4, 0.5) is 11.4 Å². The van der Waals surface area contributed by atoms with Gasteiger partial charge >= 0.3 is 0 Å². The van der Waals surface area contributed by atoms with Gasteiger partial charge in [-0.3, -0.25) is 15.1 Å². The minimum absolute atomic E-state index is 0.00845. The highest BCUT2D eigenvalue weighted by Crippen LogP contribution is 2.30. The molecule has 0 aliphatic carbocycles. The predicted octanol–water partition coefficient (Wildman–Crippen LogP) is 4.94. The number of aliphatic imine (C=N–C) groups is 1. The van der Waals surface area contributed by atoms with Gasteiger partial charge in [0.05, 0.1) is 10.6 Å². The highest BCUT2D eigenvalue weighted by Gasteiger charge is 2.11. The summed E-state index contributed by atoms with van der Waals surface area (Å²) in [6.07, 6.45) is 4.85. The third-order valence-corrected chi connectivity index (χ3v) is 4.33. The number of aromatic nitrogens is 2. The zero-order chi connectivity index (χ0) is 17.6. The number of non-ortho nitro benzene ring substituents is 1. The highest BCUT2D eigenvalue weighted by molar-refractivity contribution is 7.99. The average molecular weight is 371 g/mol. The second-order valence-corrected chi connectivity index (χ2v) is 6.30. The lowest BCUT2D eigenvalue weighted by molar-refractivity contribution is -0.384. The molecule has 0 radical (unpaired) electrons. The third kappa shape index (κ3) is 4.62. The van der Waals surface area contributed by atoms with Crippen LogP contribution in [0.1, 0.15) is 5.56 Å². The van der Waals surface area contributed by atoms with Crippen LogP contribution in [0.3, 0.4) is 0 Å². The Morgan fingerprint density at radius 3 is 2.64 bits per heavy atom. The fourth-order valence-corrected chi connectivity index (χ4v) is 2.95. The lowest BCUT2D eigenvalue weighted by Gasteiger charge is -2.04. The van der Waals surface area contributed by atoms with Gasteiger partial charge < -0.3 is 0 Å². The summed E-state index contributed by atoms with van der Waals surface area (Å²) >= 11 is 7.26. The molecule has 0 amide bonds. The Morgan fingerprint density at radius 2 is 1.92 bits per heavy atom. The SMILES string of the molecule is O=[N+]([O-])c1ccc(Sc2ncccn2)c(C=Nc2cccc(Cl)c2)c1. The second-order valence-electron chi connectivity index (χ2n) is 4.85. The first kappa shape index (κ1) is 17.1. The standard InChI is InChI=1S/C17H11ClN4O2S/c18-13-3-1-4-14(10-13)21-11-12-9-15(22(23)24)5-6-16(12)25-17-19-7-2-8-20-17/h1-11H. The van der Waals surface area contributed by atoms with Crippen molar-refractivity contribution in [1.82, 2.24) is 9.97 Å². The van der Waals surface area contributed by atoms with E-state index in [2.05, 4.69) is 15.0 Å². The van der Waals surface area contributed by atoms with Crippen molar-refractivity contribution in [3.63, 3.8) is 0 Å². The molecule has 0 fully saturated rings. The van der Waals surface area contributed by atoms with Gasteiger partial charge in [0, 0.05) is 46.2 Å².